The summed E-state index contributed by atoms with van der Waals surface area (Å²) in [6.07, 6.45) is 0. The van der Waals surface area contributed by atoms with Crippen molar-refractivity contribution in [1.82, 2.24) is 15.7 Å². The van der Waals surface area contributed by atoms with E-state index in [1.807, 2.05) is 24.3 Å². The highest BCUT2D eigenvalue weighted by molar-refractivity contribution is 6.08. The van der Waals surface area contributed by atoms with E-state index in [9.17, 15) is 14.4 Å². The van der Waals surface area contributed by atoms with Crippen molar-refractivity contribution in [3.8, 4) is 11.1 Å². The Hall–Kier alpha value is -3.19. The lowest BCUT2D eigenvalue weighted by Gasteiger charge is -2.25. The van der Waals surface area contributed by atoms with Crippen LogP contribution in [0.4, 0.5) is 0 Å². The highest BCUT2D eigenvalue weighted by Crippen LogP contribution is 2.26. The number of amides is 3. The number of rotatable bonds is 5. The number of benzene rings is 2. The third kappa shape index (κ3) is 5.00. The number of hydrogen-bond donors (Lipinski definition) is 3. The molecule has 1 atom stereocenters. The molecule has 3 N–H and O–H groups in total. The second kappa shape index (κ2) is 8.87. The van der Waals surface area contributed by atoms with E-state index in [-0.39, 0.29) is 5.41 Å². The van der Waals surface area contributed by atoms with E-state index < -0.39 is 23.8 Å². The number of carbonyl (C=O) groups excluding carboxylic acids is 3. The number of hydroxylamine groups is 1. The van der Waals surface area contributed by atoms with Gasteiger partial charge < -0.3 is 10.2 Å². The average Bonchev–Trinajstić information content (AvgIpc) is 2.72. The average molecular weight is 397 g/mol. The van der Waals surface area contributed by atoms with Gasteiger partial charge >= 0.3 is 0 Å². The number of hydrogen-bond acceptors (Lipinski definition) is 4. The third-order valence-electron chi connectivity index (χ3n) is 4.78. The lowest BCUT2D eigenvalue weighted by molar-refractivity contribution is -0.140. The molecule has 0 aliphatic heterocycles. The number of nitrogens with zero attached hydrogens (tertiary/aromatic N) is 1. The van der Waals surface area contributed by atoms with Crippen molar-refractivity contribution in [2.75, 3.05) is 14.1 Å². The molecule has 0 radical (unpaired) electrons. The van der Waals surface area contributed by atoms with Crippen LogP contribution in [0.3, 0.4) is 0 Å². The minimum atomic E-state index is -1.48. The molecule has 2 aromatic carbocycles. The quantitative estimate of drug-likeness (QED) is 0.410. The number of carbonyl (C=O) groups is 3. The molecule has 29 heavy (non-hydrogen) atoms. The molecule has 0 aliphatic rings. The first kappa shape index (κ1) is 22.1. The van der Waals surface area contributed by atoms with E-state index in [0.29, 0.717) is 5.56 Å². The number of nitrogens with one attached hydrogen (secondary N) is 2. The van der Waals surface area contributed by atoms with E-state index >= 15 is 0 Å². The van der Waals surface area contributed by atoms with Crippen LogP contribution in [0.1, 0.15) is 36.7 Å². The van der Waals surface area contributed by atoms with Gasteiger partial charge in [-0.05, 0) is 34.2 Å². The maximum Gasteiger partial charge on any atom is 0.275 e. The zero-order valence-electron chi connectivity index (χ0n) is 17.3. The van der Waals surface area contributed by atoms with Gasteiger partial charge in [0, 0.05) is 19.7 Å². The number of likely N-dealkylation sites (N-methyl/N-ethyl adjacent to an activating group) is 2. The molecule has 0 bridgehead atoms. The molecule has 0 saturated carbocycles. The molecule has 3 amide bonds. The lowest BCUT2D eigenvalue weighted by Crippen LogP contribution is -2.54. The summed E-state index contributed by atoms with van der Waals surface area (Å²) in [5.74, 6) is -2.21. The van der Waals surface area contributed by atoms with Gasteiger partial charge in [0.15, 0.2) is 6.04 Å². The zero-order valence-corrected chi connectivity index (χ0v) is 17.3. The normalized spacial score (nSPS) is 12.1. The highest BCUT2D eigenvalue weighted by atomic mass is 16.5. The molecular weight excluding hydrogens is 370 g/mol. The van der Waals surface area contributed by atoms with Gasteiger partial charge in [-0.25, -0.2) is 5.48 Å². The van der Waals surface area contributed by atoms with Crippen LogP contribution in [-0.4, -0.2) is 48.0 Å². The second-order valence-electron chi connectivity index (χ2n) is 7.81. The van der Waals surface area contributed by atoms with Crippen LogP contribution in [0.5, 0.6) is 0 Å². The van der Waals surface area contributed by atoms with Crippen molar-refractivity contribution in [1.29, 1.82) is 0 Å². The molecule has 7 heteroatoms. The van der Waals surface area contributed by atoms with Crippen LogP contribution in [-0.2, 0) is 15.0 Å². The van der Waals surface area contributed by atoms with Gasteiger partial charge in [-0.1, -0.05) is 57.2 Å². The van der Waals surface area contributed by atoms with E-state index in [2.05, 4.69) is 38.2 Å². The van der Waals surface area contributed by atoms with Gasteiger partial charge in [0.2, 0.25) is 0 Å². The molecule has 1 unspecified atom stereocenters. The van der Waals surface area contributed by atoms with Crippen molar-refractivity contribution in [3.63, 3.8) is 0 Å². The van der Waals surface area contributed by atoms with Gasteiger partial charge in [-0.3, -0.25) is 19.6 Å². The minimum absolute atomic E-state index is 0.0710. The Balaban J connectivity index is 2.23. The van der Waals surface area contributed by atoms with Gasteiger partial charge in [0.25, 0.3) is 17.7 Å². The summed E-state index contributed by atoms with van der Waals surface area (Å²) in [4.78, 5) is 37.5. The zero-order chi connectivity index (χ0) is 21.8. The van der Waals surface area contributed by atoms with Gasteiger partial charge in [0.05, 0.1) is 0 Å². The minimum Gasteiger partial charge on any atom is -0.357 e. The predicted octanol–water partition coefficient (Wildman–Crippen LogP) is 2.34. The first-order chi connectivity index (χ1) is 13.6. The van der Waals surface area contributed by atoms with E-state index in [1.54, 1.807) is 12.1 Å². The van der Waals surface area contributed by atoms with Crippen molar-refractivity contribution < 1.29 is 19.6 Å². The first-order valence-electron chi connectivity index (χ1n) is 9.24. The maximum atomic E-state index is 12.7. The summed E-state index contributed by atoms with van der Waals surface area (Å²) in [6.45, 7) is 6.46. The van der Waals surface area contributed by atoms with Crippen LogP contribution >= 0.6 is 0 Å². The Bertz CT molecular complexity index is 868. The fraction of sp³-hybridized carbons (Fsp3) is 0.318. The monoisotopic (exact) mass is 397 g/mol. The van der Waals surface area contributed by atoms with E-state index in [1.165, 1.54) is 25.1 Å². The van der Waals surface area contributed by atoms with Crippen LogP contribution in [0.25, 0.3) is 11.1 Å². The van der Waals surface area contributed by atoms with Gasteiger partial charge in [-0.2, -0.15) is 0 Å². The molecule has 0 aromatic heterocycles. The highest BCUT2D eigenvalue weighted by Gasteiger charge is 2.33. The Morgan fingerprint density at radius 1 is 0.897 bits per heavy atom. The van der Waals surface area contributed by atoms with Gasteiger partial charge in [-0.15, -0.1) is 0 Å². The fourth-order valence-electron chi connectivity index (χ4n) is 2.96. The van der Waals surface area contributed by atoms with E-state index in [0.717, 1.165) is 16.0 Å². The van der Waals surface area contributed by atoms with Crippen LogP contribution < -0.4 is 10.8 Å². The summed E-state index contributed by atoms with van der Waals surface area (Å²) < 4.78 is 0. The SMILES string of the molecule is CNC(=O)C(C(=O)NO)N(C)C(=O)c1ccc(-c2ccc(C(C)(C)C)cc2)cc1. The molecule has 0 fully saturated rings. The molecule has 0 saturated heterocycles. The molecule has 2 rings (SSSR count). The molecule has 0 spiro atoms. The standard InChI is InChI=1S/C22H27N3O4/c1-22(2,3)17-12-10-15(11-13-17)14-6-8-16(9-7-14)21(28)25(5)18(19(26)23-4)20(27)24-29/h6-13,18,29H,1-5H3,(H,23,26)(H,24,27). The Kier molecular flexibility index (Phi) is 6.76. The molecule has 0 heterocycles. The third-order valence-corrected chi connectivity index (χ3v) is 4.78. The Labute approximate surface area is 170 Å². The summed E-state index contributed by atoms with van der Waals surface area (Å²) in [5, 5.41) is 11.2. The second-order valence-corrected chi connectivity index (χ2v) is 7.81. The summed E-state index contributed by atoms with van der Waals surface area (Å²) in [6, 6.07) is 13.7. The Morgan fingerprint density at radius 2 is 1.38 bits per heavy atom. The van der Waals surface area contributed by atoms with Gasteiger partial charge in [0.1, 0.15) is 0 Å². The summed E-state index contributed by atoms with van der Waals surface area (Å²) in [7, 11) is 2.68. The molecule has 7 nitrogen and oxygen atoms in total. The van der Waals surface area contributed by atoms with Crippen LogP contribution in [0.15, 0.2) is 48.5 Å². The molecule has 154 valence electrons. The van der Waals surface area contributed by atoms with Crippen molar-refractivity contribution in [2.45, 2.75) is 32.2 Å². The maximum absolute atomic E-state index is 12.7. The van der Waals surface area contributed by atoms with Crippen LogP contribution in [0.2, 0.25) is 0 Å². The van der Waals surface area contributed by atoms with Crippen LogP contribution in [0, 0.1) is 0 Å². The predicted molar refractivity (Wildman–Crippen MR) is 110 cm³/mol. The lowest BCUT2D eigenvalue weighted by atomic mass is 9.86. The largest absolute Gasteiger partial charge is 0.357 e. The van der Waals surface area contributed by atoms with Crippen molar-refractivity contribution in [2.24, 2.45) is 0 Å². The summed E-state index contributed by atoms with van der Waals surface area (Å²) in [5.41, 5.74) is 5.01. The molecule has 0 aliphatic carbocycles. The first-order valence-corrected chi connectivity index (χ1v) is 9.24. The fourth-order valence-corrected chi connectivity index (χ4v) is 2.96. The topological polar surface area (TPSA) is 98.7 Å². The van der Waals surface area contributed by atoms with E-state index in [4.69, 9.17) is 5.21 Å². The van der Waals surface area contributed by atoms with Crippen molar-refractivity contribution >= 4 is 17.7 Å². The molecule has 2 aromatic rings. The summed E-state index contributed by atoms with van der Waals surface area (Å²) >= 11 is 0. The smallest absolute Gasteiger partial charge is 0.275 e. The van der Waals surface area contributed by atoms with Crippen molar-refractivity contribution in [3.05, 3.63) is 59.7 Å². The Morgan fingerprint density at radius 3 is 1.79 bits per heavy atom. The molecular formula is C22H27N3O4.